The van der Waals surface area contributed by atoms with Crippen molar-refractivity contribution in [3.63, 3.8) is 0 Å². The lowest BCUT2D eigenvalue weighted by Crippen LogP contribution is -2.57. The molecule has 8 nitrogen and oxygen atoms in total. The molecule has 1 N–H and O–H groups in total. The molecule has 2 bridgehead atoms. The molecule has 2 unspecified atom stereocenters. The molecule has 3 aromatic rings. The lowest BCUT2D eigenvalue weighted by Gasteiger charge is -2.39. The number of amides is 3. The highest BCUT2D eigenvalue weighted by molar-refractivity contribution is 6.03. The van der Waals surface area contributed by atoms with Crippen LogP contribution < -0.4 is 4.90 Å². The first-order valence-corrected chi connectivity index (χ1v) is 15.5. The fraction of sp³-hybridized carbons (Fsp3) is 0.324. The summed E-state index contributed by atoms with van der Waals surface area (Å²) in [5.41, 5.74) is 1.13. The lowest BCUT2D eigenvalue weighted by molar-refractivity contribution is -0.151. The summed E-state index contributed by atoms with van der Waals surface area (Å²) in [6.07, 6.45) is 3.83. The minimum Gasteiger partial charge on any atom is -0.394 e. The summed E-state index contributed by atoms with van der Waals surface area (Å²) in [6.45, 7) is 8.20. The quantitative estimate of drug-likeness (QED) is 0.307. The van der Waals surface area contributed by atoms with E-state index in [4.69, 9.17) is 4.74 Å². The van der Waals surface area contributed by atoms with Gasteiger partial charge in [-0.25, -0.2) is 0 Å². The SMILES string of the molecule is C=CCN(Cc1ccccc1)C(=O)C1N([C@H](CO)c2ccccc2)C(=O)[C@@H]2[C@H](C(=O)N(CC=C)c3ccccc3)[C@@H]3CCC12O3. The van der Waals surface area contributed by atoms with Gasteiger partial charge in [0.05, 0.1) is 30.6 Å². The maximum Gasteiger partial charge on any atom is 0.249 e. The Morgan fingerprint density at radius 2 is 1.56 bits per heavy atom. The molecule has 0 aliphatic carbocycles. The average Bonchev–Trinajstić information content (AvgIpc) is 3.72. The minimum atomic E-state index is -1.21. The summed E-state index contributed by atoms with van der Waals surface area (Å²) in [6, 6.07) is 26.4. The summed E-state index contributed by atoms with van der Waals surface area (Å²) in [5.74, 6) is -2.53. The molecule has 3 aliphatic heterocycles. The maximum absolute atomic E-state index is 14.8. The number of rotatable bonds is 12. The lowest BCUT2D eigenvalue weighted by atomic mass is 9.70. The number of nitrogens with zero attached hydrogens (tertiary/aromatic N) is 3. The standard InChI is InChI=1S/C37H39N3O5/c1-3-22-38(24-26-14-8-5-9-15-26)36(44)33-37-21-20-30(45-37)31(34(42)39(23-4-2)28-18-12-7-13-19-28)32(37)35(43)40(33)29(25-41)27-16-10-6-11-17-27/h3-19,29-33,41H,1-2,20-25H2/t29-,30+,31-,32+,33?,37?/m1/s1. The Kier molecular flexibility index (Phi) is 8.70. The second kappa shape index (κ2) is 12.8. The Morgan fingerprint density at radius 1 is 0.933 bits per heavy atom. The van der Waals surface area contributed by atoms with Crippen molar-refractivity contribution in [3.05, 3.63) is 127 Å². The molecule has 6 atom stereocenters. The van der Waals surface area contributed by atoms with Gasteiger partial charge in [-0.3, -0.25) is 14.4 Å². The summed E-state index contributed by atoms with van der Waals surface area (Å²) in [4.78, 5) is 48.9. The molecule has 1 spiro atoms. The Bertz CT molecular complexity index is 1550. The molecule has 3 heterocycles. The first-order valence-electron chi connectivity index (χ1n) is 15.5. The normalized spacial score (nSPS) is 25.4. The summed E-state index contributed by atoms with van der Waals surface area (Å²) in [7, 11) is 0. The van der Waals surface area contributed by atoms with Crippen molar-refractivity contribution in [2.75, 3.05) is 24.6 Å². The van der Waals surface area contributed by atoms with Crippen molar-refractivity contribution < 1.29 is 24.2 Å². The van der Waals surface area contributed by atoms with Crippen LogP contribution in [0.5, 0.6) is 0 Å². The predicted octanol–water partition coefficient (Wildman–Crippen LogP) is 4.53. The van der Waals surface area contributed by atoms with Crippen molar-refractivity contribution in [2.45, 2.75) is 43.2 Å². The van der Waals surface area contributed by atoms with Gasteiger partial charge in [0.15, 0.2) is 0 Å². The highest BCUT2D eigenvalue weighted by atomic mass is 16.5. The van der Waals surface area contributed by atoms with Crippen molar-refractivity contribution >= 4 is 23.4 Å². The van der Waals surface area contributed by atoms with E-state index < -0.39 is 42.2 Å². The Balaban J connectivity index is 1.44. The fourth-order valence-electron chi connectivity index (χ4n) is 7.62. The van der Waals surface area contributed by atoms with Gasteiger partial charge in [0.25, 0.3) is 0 Å². The summed E-state index contributed by atoms with van der Waals surface area (Å²) >= 11 is 0. The van der Waals surface area contributed by atoms with E-state index in [1.807, 2.05) is 91.0 Å². The minimum absolute atomic E-state index is 0.230. The predicted molar refractivity (Wildman–Crippen MR) is 172 cm³/mol. The van der Waals surface area contributed by atoms with Gasteiger partial charge in [-0.1, -0.05) is 91.0 Å². The number of anilines is 1. The number of aliphatic hydroxyl groups is 1. The molecule has 8 heteroatoms. The van der Waals surface area contributed by atoms with Gasteiger partial charge in [-0.05, 0) is 36.1 Å². The van der Waals surface area contributed by atoms with Gasteiger partial charge in [-0.15, -0.1) is 13.2 Å². The van der Waals surface area contributed by atoms with Gasteiger partial charge >= 0.3 is 0 Å². The van der Waals surface area contributed by atoms with E-state index in [1.165, 1.54) is 4.90 Å². The Hall–Kier alpha value is -4.53. The van der Waals surface area contributed by atoms with Crippen LogP contribution in [-0.4, -0.2) is 70.1 Å². The first-order chi connectivity index (χ1) is 21.9. The van der Waals surface area contributed by atoms with Crippen LogP contribution in [0.1, 0.15) is 30.0 Å². The Morgan fingerprint density at radius 3 is 2.18 bits per heavy atom. The molecular weight excluding hydrogens is 566 g/mol. The van der Waals surface area contributed by atoms with Crippen LogP contribution in [0, 0.1) is 11.8 Å². The van der Waals surface area contributed by atoms with E-state index >= 15 is 0 Å². The van der Waals surface area contributed by atoms with E-state index in [0.717, 1.165) is 5.56 Å². The molecule has 3 aromatic carbocycles. The zero-order valence-corrected chi connectivity index (χ0v) is 25.3. The van der Waals surface area contributed by atoms with Gasteiger partial charge in [0.2, 0.25) is 17.7 Å². The largest absolute Gasteiger partial charge is 0.394 e. The molecular formula is C37H39N3O5. The van der Waals surface area contributed by atoms with Gasteiger partial charge in [-0.2, -0.15) is 0 Å². The number of fused-ring (bicyclic) bond motifs is 1. The van der Waals surface area contributed by atoms with E-state index in [-0.39, 0.29) is 30.8 Å². The number of likely N-dealkylation sites (tertiary alicyclic amines) is 1. The number of carbonyl (C=O) groups excluding carboxylic acids is 3. The molecule has 6 rings (SSSR count). The van der Waals surface area contributed by atoms with Crippen LogP contribution in [0.15, 0.2) is 116 Å². The molecule has 45 heavy (non-hydrogen) atoms. The number of carbonyl (C=O) groups is 3. The van der Waals surface area contributed by atoms with Crippen molar-refractivity contribution in [2.24, 2.45) is 11.8 Å². The Labute approximate surface area is 264 Å². The van der Waals surface area contributed by atoms with E-state index in [2.05, 4.69) is 13.2 Å². The highest BCUT2D eigenvalue weighted by Gasteiger charge is 2.75. The highest BCUT2D eigenvalue weighted by Crippen LogP contribution is 2.60. The zero-order chi connectivity index (χ0) is 31.6. The molecule has 3 amide bonds. The number of para-hydroxylation sites is 1. The van der Waals surface area contributed by atoms with Crippen molar-refractivity contribution in [1.29, 1.82) is 0 Å². The van der Waals surface area contributed by atoms with Crippen LogP contribution in [-0.2, 0) is 25.7 Å². The van der Waals surface area contributed by atoms with Crippen LogP contribution in [0.4, 0.5) is 5.69 Å². The van der Waals surface area contributed by atoms with Gasteiger partial charge < -0.3 is 24.5 Å². The van der Waals surface area contributed by atoms with E-state index in [9.17, 15) is 19.5 Å². The molecule has 3 saturated heterocycles. The smallest absolute Gasteiger partial charge is 0.249 e. The topological polar surface area (TPSA) is 90.4 Å². The summed E-state index contributed by atoms with van der Waals surface area (Å²) in [5, 5.41) is 10.8. The van der Waals surface area contributed by atoms with Crippen LogP contribution >= 0.6 is 0 Å². The zero-order valence-electron chi connectivity index (χ0n) is 25.3. The molecule has 3 fully saturated rings. The van der Waals surface area contributed by atoms with Crippen LogP contribution in [0.3, 0.4) is 0 Å². The monoisotopic (exact) mass is 605 g/mol. The number of ether oxygens (including phenoxy) is 1. The molecule has 0 saturated carbocycles. The van der Waals surface area contributed by atoms with Gasteiger partial charge in [0, 0.05) is 25.3 Å². The molecule has 0 radical (unpaired) electrons. The number of hydrogen-bond donors (Lipinski definition) is 1. The number of aliphatic hydroxyl groups excluding tert-OH is 1. The van der Waals surface area contributed by atoms with Crippen molar-refractivity contribution in [1.82, 2.24) is 9.80 Å². The average molecular weight is 606 g/mol. The van der Waals surface area contributed by atoms with Crippen LogP contribution in [0.2, 0.25) is 0 Å². The molecule has 232 valence electrons. The molecule has 0 aromatic heterocycles. The van der Waals surface area contributed by atoms with E-state index in [1.54, 1.807) is 22.0 Å². The third-order valence-electron chi connectivity index (χ3n) is 9.47. The van der Waals surface area contributed by atoms with E-state index in [0.29, 0.717) is 30.6 Å². The summed E-state index contributed by atoms with van der Waals surface area (Å²) < 4.78 is 6.73. The second-order valence-corrected chi connectivity index (χ2v) is 12.0. The first kappa shape index (κ1) is 30.5. The number of hydrogen-bond acceptors (Lipinski definition) is 5. The number of benzene rings is 3. The van der Waals surface area contributed by atoms with Crippen LogP contribution in [0.25, 0.3) is 0 Å². The second-order valence-electron chi connectivity index (χ2n) is 12.0. The maximum atomic E-state index is 14.8. The van der Waals surface area contributed by atoms with Gasteiger partial charge in [0.1, 0.15) is 11.6 Å². The third kappa shape index (κ3) is 5.28. The third-order valence-corrected chi connectivity index (χ3v) is 9.47. The van der Waals surface area contributed by atoms with Crippen molar-refractivity contribution in [3.8, 4) is 0 Å². The molecule has 3 aliphatic rings. The fourth-order valence-corrected chi connectivity index (χ4v) is 7.62.